The molecule has 0 saturated heterocycles. The SMILES string of the molecule is C=COC(=O)C(C)C(=O)c1cccc2ccccc12. The molecule has 2 aromatic rings. The van der Waals surface area contributed by atoms with E-state index in [9.17, 15) is 9.59 Å². The lowest BCUT2D eigenvalue weighted by Crippen LogP contribution is -2.22. The van der Waals surface area contributed by atoms with Crippen molar-refractivity contribution in [3.63, 3.8) is 0 Å². The van der Waals surface area contributed by atoms with E-state index < -0.39 is 11.9 Å². The van der Waals surface area contributed by atoms with Gasteiger partial charge >= 0.3 is 5.97 Å². The topological polar surface area (TPSA) is 43.4 Å². The van der Waals surface area contributed by atoms with Crippen LogP contribution in [0.2, 0.25) is 0 Å². The van der Waals surface area contributed by atoms with Gasteiger partial charge in [-0.2, -0.15) is 0 Å². The van der Waals surface area contributed by atoms with Crippen molar-refractivity contribution in [3.05, 3.63) is 60.9 Å². The highest BCUT2D eigenvalue weighted by Crippen LogP contribution is 2.21. The second kappa shape index (κ2) is 5.48. The van der Waals surface area contributed by atoms with E-state index in [-0.39, 0.29) is 5.78 Å². The number of ether oxygens (including phenoxy) is 1. The second-order valence-corrected chi connectivity index (χ2v) is 4.22. The van der Waals surface area contributed by atoms with Crippen LogP contribution >= 0.6 is 0 Å². The monoisotopic (exact) mass is 254 g/mol. The molecule has 0 N–H and O–H groups in total. The molecule has 3 heteroatoms. The number of carbonyl (C=O) groups excluding carboxylic acids is 2. The summed E-state index contributed by atoms with van der Waals surface area (Å²) < 4.78 is 4.66. The number of carbonyl (C=O) groups is 2. The lowest BCUT2D eigenvalue weighted by Gasteiger charge is -2.10. The molecule has 19 heavy (non-hydrogen) atoms. The Labute approximate surface area is 111 Å². The predicted molar refractivity (Wildman–Crippen MR) is 73.7 cm³/mol. The van der Waals surface area contributed by atoms with Gasteiger partial charge < -0.3 is 4.74 Å². The van der Waals surface area contributed by atoms with Crippen LogP contribution in [0.3, 0.4) is 0 Å². The average Bonchev–Trinajstić information content (AvgIpc) is 2.45. The molecule has 0 radical (unpaired) electrons. The van der Waals surface area contributed by atoms with Crippen LogP contribution in [0.5, 0.6) is 0 Å². The van der Waals surface area contributed by atoms with Crippen LogP contribution in [-0.2, 0) is 9.53 Å². The molecule has 2 rings (SSSR count). The molecule has 2 aromatic carbocycles. The van der Waals surface area contributed by atoms with E-state index in [0.717, 1.165) is 17.0 Å². The van der Waals surface area contributed by atoms with Crippen LogP contribution in [-0.4, -0.2) is 11.8 Å². The van der Waals surface area contributed by atoms with Crippen molar-refractivity contribution in [1.82, 2.24) is 0 Å². The summed E-state index contributed by atoms with van der Waals surface area (Å²) in [5, 5.41) is 1.81. The Morgan fingerprint density at radius 1 is 1.16 bits per heavy atom. The molecule has 1 unspecified atom stereocenters. The zero-order valence-corrected chi connectivity index (χ0v) is 10.6. The van der Waals surface area contributed by atoms with Crippen LogP contribution in [0.1, 0.15) is 17.3 Å². The number of hydrogen-bond acceptors (Lipinski definition) is 3. The molecule has 0 aromatic heterocycles. The van der Waals surface area contributed by atoms with Crippen LogP contribution in [0.4, 0.5) is 0 Å². The standard InChI is InChI=1S/C16H14O3/c1-3-19-16(18)11(2)15(17)14-10-6-8-12-7-4-5-9-13(12)14/h3-11H,1H2,2H3. The predicted octanol–water partition coefficient (Wildman–Crippen LogP) is 3.35. The van der Waals surface area contributed by atoms with Gasteiger partial charge in [0.15, 0.2) is 5.78 Å². The molecule has 0 aliphatic rings. The van der Waals surface area contributed by atoms with Crippen molar-refractivity contribution in [1.29, 1.82) is 0 Å². The maximum Gasteiger partial charge on any atom is 0.321 e. The van der Waals surface area contributed by atoms with Crippen molar-refractivity contribution in [2.45, 2.75) is 6.92 Å². The number of benzene rings is 2. The number of rotatable bonds is 4. The normalized spacial score (nSPS) is 11.8. The fourth-order valence-electron chi connectivity index (χ4n) is 1.96. The van der Waals surface area contributed by atoms with Crippen molar-refractivity contribution >= 4 is 22.5 Å². The third-order valence-electron chi connectivity index (χ3n) is 3.00. The Hall–Kier alpha value is -2.42. The Morgan fingerprint density at radius 3 is 2.58 bits per heavy atom. The highest BCUT2D eigenvalue weighted by atomic mass is 16.5. The second-order valence-electron chi connectivity index (χ2n) is 4.22. The van der Waals surface area contributed by atoms with E-state index in [1.165, 1.54) is 6.92 Å². The fourth-order valence-corrected chi connectivity index (χ4v) is 1.96. The Bertz CT molecular complexity index is 638. The summed E-state index contributed by atoms with van der Waals surface area (Å²) in [5.41, 5.74) is 0.534. The van der Waals surface area contributed by atoms with Gasteiger partial charge in [-0.25, -0.2) is 0 Å². The van der Waals surface area contributed by atoms with Gasteiger partial charge in [-0.1, -0.05) is 49.0 Å². The van der Waals surface area contributed by atoms with Crippen molar-refractivity contribution in [2.24, 2.45) is 5.92 Å². The van der Waals surface area contributed by atoms with Crippen molar-refractivity contribution < 1.29 is 14.3 Å². The number of fused-ring (bicyclic) bond motifs is 1. The van der Waals surface area contributed by atoms with E-state index in [2.05, 4.69) is 11.3 Å². The number of hydrogen-bond donors (Lipinski definition) is 0. The molecule has 0 bridgehead atoms. The molecule has 0 aliphatic carbocycles. The van der Waals surface area contributed by atoms with Gasteiger partial charge in [-0.15, -0.1) is 0 Å². The average molecular weight is 254 g/mol. The molecule has 0 spiro atoms. The largest absolute Gasteiger partial charge is 0.435 e. The van der Waals surface area contributed by atoms with E-state index in [0.29, 0.717) is 5.56 Å². The van der Waals surface area contributed by atoms with Crippen LogP contribution in [0.25, 0.3) is 10.8 Å². The fraction of sp³-hybridized carbons (Fsp3) is 0.125. The van der Waals surface area contributed by atoms with Crippen molar-refractivity contribution in [3.8, 4) is 0 Å². The van der Waals surface area contributed by atoms with Gasteiger partial charge in [0.2, 0.25) is 0 Å². The highest BCUT2D eigenvalue weighted by Gasteiger charge is 2.24. The minimum absolute atomic E-state index is 0.247. The van der Waals surface area contributed by atoms with Crippen LogP contribution in [0.15, 0.2) is 55.3 Å². The van der Waals surface area contributed by atoms with Crippen LogP contribution < -0.4 is 0 Å². The maximum absolute atomic E-state index is 12.3. The Morgan fingerprint density at radius 2 is 1.84 bits per heavy atom. The summed E-state index contributed by atoms with van der Waals surface area (Å²) in [6.07, 6.45) is 1.04. The first-order chi connectivity index (χ1) is 9.15. The molecule has 0 saturated carbocycles. The number of esters is 1. The van der Waals surface area contributed by atoms with E-state index >= 15 is 0 Å². The molecule has 3 nitrogen and oxygen atoms in total. The molecular weight excluding hydrogens is 240 g/mol. The first-order valence-corrected chi connectivity index (χ1v) is 5.98. The molecule has 0 aliphatic heterocycles. The zero-order chi connectivity index (χ0) is 13.8. The smallest absolute Gasteiger partial charge is 0.321 e. The molecule has 0 heterocycles. The summed E-state index contributed by atoms with van der Waals surface area (Å²) in [7, 11) is 0. The van der Waals surface area contributed by atoms with Gasteiger partial charge in [-0.05, 0) is 17.7 Å². The Kier molecular flexibility index (Phi) is 3.76. The van der Waals surface area contributed by atoms with Crippen LogP contribution in [0, 0.1) is 5.92 Å². The van der Waals surface area contributed by atoms with Gasteiger partial charge in [-0.3, -0.25) is 9.59 Å². The lowest BCUT2D eigenvalue weighted by atomic mass is 9.94. The zero-order valence-electron chi connectivity index (χ0n) is 10.6. The van der Waals surface area contributed by atoms with E-state index in [4.69, 9.17) is 0 Å². The molecule has 0 amide bonds. The summed E-state index contributed by atoms with van der Waals surface area (Å²) in [5.74, 6) is -1.68. The van der Waals surface area contributed by atoms with E-state index in [1.54, 1.807) is 12.1 Å². The summed E-state index contributed by atoms with van der Waals surface area (Å²) >= 11 is 0. The summed E-state index contributed by atoms with van der Waals surface area (Å²) in [6.45, 7) is 4.85. The van der Waals surface area contributed by atoms with E-state index in [1.807, 2.05) is 30.3 Å². The maximum atomic E-state index is 12.3. The Balaban J connectivity index is 2.41. The molecule has 1 atom stereocenters. The minimum atomic E-state index is -0.844. The lowest BCUT2D eigenvalue weighted by molar-refractivity contribution is -0.140. The third-order valence-corrected chi connectivity index (χ3v) is 3.00. The third kappa shape index (κ3) is 2.55. The summed E-state index contributed by atoms with van der Waals surface area (Å²) in [4.78, 5) is 23.9. The van der Waals surface area contributed by atoms with Gasteiger partial charge in [0, 0.05) is 5.56 Å². The first kappa shape index (κ1) is 13.0. The summed E-state index contributed by atoms with van der Waals surface area (Å²) in [6, 6.07) is 13.0. The highest BCUT2D eigenvalue weighted by molar-refractivity contribution is 6.15. The van der Waals surface area contributed by atoms with Crippen molar-refractivity contribution in [2.75, 3.05) is 0 Å². The minimum Gasteiger partial charge on any atom is -0.435 e. The first-order valence-electron chi connectivity index (χ1n) is 5.98. The van der Waals surface area contributed by atoms with Gasteiger partial charge in [0.05, 0.1) is 6.26 Å². The quantitative estimate of drug-likeness (QED) is 0.364. The molecular formula is C16H14O3. The number of Topliss-reactive ketones (excluding diaryl/α,β-unsaturated/α-hetero) is 1. The number of ketones is 1. The molecule has 96 valence electrons. The van der Waals surface area contributed by atoms with Gasteiger partial charge in [0.1, 0.15) is 5.92 Å². The van der Waals surface area contributed by atoms with Gasteiger partial charge in [0.25, 0.3) is 0 Å². The molecule has 0 fully saturated rings.